The van der Waals surface area contributed by atoms with Crippen molar-refractivity contribution in [3.63, 3.8) is 0 Å². The van der Waals surface area contributed by atoms with Crippen molar-refractivity contribution < 1.29 is 0 Å². The molecular formula is C16H26. The lowest BCUT2D eigenvalue weighted by Crippen LogP contribution is -2.45. The van der Waals surface area contributed by atoms with Gasteiger partial charge in [-0.25, -0.2) is 0 Å². The molecule has 0 aromatic rings. The molecule has 0 heterocycles. The Kier molecular flexibility index (Phi) is 3.56. The second kappa shape index (κ2) is 4.77. The molecule has 2 rings (SSSR count). The number of hydrogen-bond acceptors (Lipinski definition) is 0. The van der Waals surface area contributed by atoms with Crippen molar-refractivity contribution in [1.29, 1.82) is 0 Å². The Morgan fingerprint density at radius 2 is 2.12 bits per heavy atom. The summed E-state index contributed by atoms with van der Waals surface area (Å²) < 4.78 is 0. The van der Waals surface area contributed by atoms with Crippen molar-refractivity contribution in [3.05, 3.63) is 23.8 Å². The third-order valence-corrected chi connectivity index (χ3v) is 5.03. The van der Waals surface area contributed by atoms with Crippen LogP contribution in [0.3, 0.4) is 0 Å². The molecule has 1 saturated carbocycles. The summed E-state index contributed by atoms with van der Waals surface area (Å²) in [6.07, 6.45) is 8.95. The predicted molar refractivity (Wildman–Crippen MR) is 71.3 cm³/mol. The Morgan fingerprint density at radius 3 is 2.81 bits per heavy atom. The van der Waals surface area contributed by atoms with Gasteiger partial charge in [0, 0.05) is 0 Å². The fourth-order valence-electron chi connectivity index (χ4n) is 4.08. The highest BCUT2D eigenvalue weighted by molar-refractivity contribution is 5.16. The molecule has 16 heavy (non-hydrogen) atoms. The zero-order valence-corrected chi connectivity index (χ0v) is 11.1. The minimum atomic E-state index is 0.837. The average Bonchev–Trinajstić information content (AvgIpc) is 2.28. The molecule has 0 aromatic carbocycles. The third-order valence-electron chi connectivity index (χ3n) is 5.03. The second-order valence-corrected chi connectivity index (χ2v) is 5.91. The van der Waals surface area contributed by atoms with Gasteiger partial charge in [-0.2, -0.15) is 0 Å². The number of rotatable bonds is 1. The molecule has 2 aliphatic carbocycles. The van der Waals surface area contributed by atoms with Crippen LogP contribution in [0.5, 0.6) is 0 Å². The highest BCUT2D eigenvalue weighted by Gasteiger charge is 2.46. The Bertz CT molecular complexity index is 297. The van der Waals surface area contributed by atoms with E-state index < -0.39 is 0 Å². The molecule has 2 aliphatic rings. The lowest BCUT2D eigenvalue weighted by molar-refractivity contribution is 0.00477. The van der Waals surface area contributed by atoms with Crippen molar-refractivity contribution in [2.24, 2.45) is 23.7 Å². The molecule has 0 spiro atoms. The van der Waals surface area contributed by atoms with Crippen molar-refractivity contribution in [1.82, 2.24) is 0 Å². The molecule has 0 aliphatic heterocycles. The van der Waals surface area contributed by atoms with E-state index in [9.17, 15) is 0 Å². The summed E-state index contributed by atoms with van der Waals surface area (Å²) in [6.45, 7) is 11.5. The van der Waals surface area contributed by atoms with Crippen LogP contribution in [0.2, 0.25) is 0 Å². The highest BCUT2D eigenvalue weighted by atomic mass is 14.5. The van der Waals surface area contributed by atoms with Crippen LogP contribution in [0.1, 0.15) is 52.9 Å². The van der Waals surface area contributed by atoms with Crippen LogP contribution in [0.15, 0.2) is 23.8 Å². The van der Waals surface area contributed by atoms with E-state index in [0.717, 1.165) is 23.7 Å². The number of hydrogen-bond donors (Lipinski definition) is 0. The van der Waals surface area contributed by atoms with E-state index in [2.05, 4.69) is 33.4 Å². The van der Waals surface area contributed by atoms with Crippen molar-refractivity contribution in [2.45, 2.75) is 52.9 Å². The monoisotopic (exact) mass is 218 g/mol. The van der Waals surface area contributed by atoms with Gasteiger partial charge in [0.15, 0.2) is 0 Å². The molecule has 90 valence electrons. The SMILES string of the molecule is C=C1CCC=C(C)CCC2C(CC)C(C)C12. The maximum absolute atomic E-state index is 4.36. The first kappa shape index (κ1) is 12.0. The smallest absolute Gasteiger partial charge is 0.0146 e. The van der Waals surface area contributed by atoms with Crippen LogP contribution in [0.25, 0.3) is 0 Å². The molecule has 0 aromatic heterocycles. The molecule has 0 heteroatoms. The largest absolute Gasteiger partial charge is 0.0995 e. The van der Waals surface area contributed by atoms with Crippen LogP contribution in [-0.2, 0) is 0 Å². The molecule has 4 unspecified atom stereocenters. The van der Waals surface area contributed by atoms with Gasteiger partial charge in [0.25, 0.3) is 0 Å². The van der Waals surface area contributed by atoms with Gasteiger partial charge in [-0.3, -0.25) is 0 Å². The number of fused-ring (bicyclic) bond motifs is 1. The van der Waals surface area contributed by atoms with Gasteiger partial charge in [0.05, 0.1) is 0 Å². The molecule has 0 N–H and O–H groups in total. The summed E-state index contributed by atoms with van der Waals surface area (Å²) in [7, 11) is 0. The summed E-state index contributed by atoms with van der Waals surface area (Å²) in [5.41, 5.74) is 3.14. The molecular weight excluding hydrogens is 192 g/mol. The first-order chi connectivity index (χ1) is 7.65. The Balaban J connectivity index is 2.12. The Labute approximate surface area is 101 Å². The second-order valence-electron chi connectivity index (χ2n) is 5.91. The van der Waals surface area contributed by atoms with Crippen LogP contribution >= 0.6 is 0 Å². The Hall–Kier alpha value is -0.520. The van der Waals surface area contributed by atoms with Gasteiger partial charge >= 0.3 is 0 Å². The molecule has 0 amide bonds. The van der Waals surface area contributed by atoms with E-state index in [1.54, 1.807) is 5.57 Å². The van der Waals surface area contributed by atoms with E-state index in [4.69, 9.17) is 0 Å². The normalized spacial score (nSPS) is 39.9. The highest BCUT2D eigenvalue weighted by Crippen LogP contribution is 2.54. The Morgan fingerprint density at radius 1 is 1.38 bits per heavy atom. The van der Waals surface area contributed by atoms with E-state index in [-0.39, 0.29) is 0 Å². The topological polar surface area (TPSA) is 0 Å². The summed E-state index contributed by atoms with van der Waals surface area (Å²) in [5, 5.41) is 0. The summed E-state index contributed by atoms with van der Waals surface area (Å²) >= 11 is 0. The first-order valence-corrected chi connectivity index (χ1v) is 6.98. The van der Waals surface area contributed by atoms with Gasteiger partial charge in [-0.15, -0.1) is 0 Å². The van der Waals surface area contributed by atoms with E-state index in [1.165, 1.54) is 37.7 Å². The van der Waals surface area contributed by atoms with E-state index >= 15 is 0 Å². The fourth-order valence-corrected chi connectivity index (χ4v) is 4.08. The van der Waals surface area contributed by atoms with Gasteiger partial charge in [0.1, 0.15) is 0 Å². The van der Waals surface area contributed by atoms with E-state index in [1.807, 2.05) is 0 Å². The first-order valence-electron chi connectivity index (χ1n) is 6.98. The van der Waals surface area contributed by atoms with Crippen LogP contribution < -0.4 is 0 Å². The van der Waals surface area contributed by atoms with E-state index in [0.29, 0.717) is 0 Å². The summed E-state index contributed by atoms with van der Waals surface area (Å²) in [6, 6.07) is 0. The van der Waals surface area contributed by atoms with Gasteiger partial charge in [0.2, 0.25) is 0 Å². The number of allylic oxidation sites excluding steroid dienone is 3. The lowest BCUT2D eigenvalue weighted by atomic mass is 9.53. The molecule has 4 atom stereocenters. The lowest BCUT2D eigenvalue weighted by Gasteiger charge is -2.52. The maximum atomic E-state index is 4.36. The summed E-state index contributed by atoms with van der Waals surface area (Å²) in [4.78, 5) is 0. The molecule has 0 radical (unpaired) electrons. The average molecular weight is 218 g/mol. The molecule has 0 nitrogen and oxygen atoms in total. The summed E-state index contributed by atoms with van der Waals surface area (Å²) in [5.74, 6) is 3.63. The minimum absolute atomic E-state index is 0.837. The quantitative estimate of drug-likeness (QED) is 0.545. The third kappa shape index (κ3) is 1.99. The zero-order chi connectivity index (χ0) is 11.7. The van der Waals surface area contributed by atoms with Gasteiger partial charge in [-0.05, 0) is 56.3 Å². The van der Waals surface area contributed by atoms with Gasteiger partial charge < -0.3 is 0 Å². The van der Waals surface area contributed by atoms with Crippen molar-refractivity contribution in [2.75, 3.05) is 0 Å². The maximum Gasteiger partial charge on any atom is -0.0146 e. The van der Waals surface area contributed by atoms with Crippen molar-refractivity contribution >= 4 is 0 Å². The molecule has 0 saturated heterocycles. The van der Waals surface area contributed by atoms with Gasteiger partial charge in [-0.1, -0.05) is 44.1 Å². The molecule has 0 bridgehead atoms. The fraction of sp³-hybridized carbons (Fsp3) is 0.750. The minimum Gasteiger partial charge on any atom is -0.0995 e. The standard InChI is InChI=1S/C16H26/c1-5-14-13(4)16-12(3)8-6-7-11(2)9-10-15(14)16/h7,13-16H,3,5-6,8-10H2,1-2,4H3. The van der Waals surface area contributed by atoms with Crippen LogP contribution in [0.4, 0.5) is 0 Å². The van der Waals surface area contributed by atoms with Crippen molar-refractivity contribution in [3.8, 4) is 0 Å². The molecule has 1 fully saturated rings. The van der Waals surface area contributed by atoms with Crippen LogP contribution in [-0.4, -0.2) is 0 Å². The zero-order valence-electron chi connectivity index (χ0n) is 11.1. The predicted octanol–water partition coefficient (Wildman–Crippen LogP) is 4.97. The van der Waals surface area contributed by atoms with Crippen LogP contribution in [0, 0.1) is 23.7 Å².